The van der Waals surface area contributed by atoms with Gasteiger partial charge in [-0.1, -0.05) is 16.8 Å². The molecule has 136 valence electrons. The van der Waals surface area contributed by atoms with Gasteiger partial charge in [-0.05, 0) is 23.8 Å². The fourth-order valence-corrected chi connectivity index (χ4v) is 2.73. The van der Waals surface area contributed by atoms with Crippen LogP contribution >= 0.6 is 11.6 Å². The highest BCUT2D eigenvalue weighted by molar-refractivity contribution is 6.31. The second-order valence-corrected chi connectivity index (χ2v) is 6.05. The summed E-state index contributed by atoms with van der Waals surface area (Å²) < 4.78 is 47.8. The van der Waals surface area contributed by atoms with Gasteiger partial charge in [0.15, 0.2) is 0 Å². The Hall–Kier alpha value is -1.84. The van der Waals surface area contributed by atoms with Crippen molar-refractivity contribution in [2.24, 2.45) is 0 Å². The zero-order chi connectivity index (χ0) is 17.9. The Morgan fingerprint density at radius 3 is 2.96 bits per heavy atom. The van der Waals surface area contributed by atoms with E-state index in [0.29, 0.717) is 30.2 Å². The molecular formula is C15H16ClF3N4O2. The van der Waals surface area contributed by atoms with Crippen molar-refractivity contribution in [3.8, 4) is 5.75 Å². The predicted molar refractivity (Wildman–Crippen MR) is 83.6 cm³/mol. The van der Waals surface area contributed by atoms with E-state index in [0.717, 1.165) is 12.2 Å². The minimum atomic E-state index is -4.75. The quantitative estimate of drug-likeness (QED) is 0.868. The van der Waals surface area contributed by atoms with E-state index in [2.05, 4.69) is 20.4 Å². The van der Waals surface area contributed by atoms with Gasteiger partial charge in [0.1, 0.15) is 5.75 Å². The molecule has 1 unspecified atom stereocenters. The fourth-order valence-electron chi connectivity index (χ4n) is 2.56. The van der Waals surface area contributed by atoms with E-state index in [1.54, 1.807) is 6.20 Å². The van der Waals surface area contributed by atoms with Crippen LogP contribution in [0.15, 0.2) is 24.4 Å². The maximum Gasteiger partial charge on any atom is 0.573 e. The molecule has 1 N–H and O–H groups in total. The SMILES string of the molecule is FC(F)(F)Oc1ccc(Cl)c(Cn2cc(CC3COCCN3)nn2)c1. The number of morpholine rings is 1. The lowest BCUT2D eigenvalue weighted by molar-refractivity contribution is -0.274. The van der Waals surface area contributed by atoms with Gasteiger partial charge < -0.3 is 14.8 Å². The van der Waals surface area contributed by atoms with E-state index in [1.165, 1.54) is 22.9 Å². The molecule has 0 radical (unpaired) electrons. The van der Waals surface area contributed by atoms with Gasteiger partial charge in [0, 0.05) is 30.2 Å². The molecule has 0 aliphatic carbocycles. The number of benzene rings is 1. The van der Waals surface area contributed by atoms with E-state index in [4.69, 9.17) is 16.3 Å². The zero-order valence-corrected chi connectivity index (χ0v) is 13.8. The third-order valence-corrected chi connectivity index (χ3v) is 3.99. The molecule has 1 saturated heterocycles. The van der Waals surface area contributed by atoms with E-state index in [1.807, 2.05) is 0 Å². The highest BCUT2D eigenvalue weighted by atomic mass is 35.5. The van der Waals surface area contributed by atoms with Crippen LogP contribution in [0, 0.1) is 0 Å². The number of halogens is 4. The van der Waals surface area contributed by atoms with Crippen LogP contribution in [0.4, 0.5) is 13.2 Å². The van der Waals surface area contributed by atoms with Crippen LogP contribution in [0.1, 0.15) is 11.3 Å². The van der Waals surface area contributed by atoms with Crippen molar-refractivity contribution < 1.29 is 22.6 Å². The first-order valence-corrected chi connectivity index (χ1v) is 8.01. The summed E-state index contributed by atoms with van der Waals surface area (Å²) in [5.41, 5.74) is 1.22. The van der Waals surface area contributed by atoms with Gasteiger partial charge in [0.25, 0.3) is 0 Å². The minimum absolute atomic E-state index is 0.172. The van der Waals surface area contributed by atoms with E-state index < -0.39 is 6.36 Å². The molecule has 2 heterocycles. The number of ether oxygens (including phenoxy) is 2. The molecule has 1 aliphatic heterocycles. The number of aromatic nitrogens is 3. The molecule has 1 aliphatic rings. The molecule has 1 aromatic heterocycles. The van der Waals surface area contributed by atoms with Gasteiger partial charge in [-0.2, -0.15) is 0 Å². The highest BCUT2D eigenvalue weighted by Crippen LogP contribution is 2.27. The molecular weight excluding hydrogens is 361 g/mol. The summed E-state index contributed by atoms with van der Waals surface area (Å²) in [6.07, 6.45) is -2.35. The Morgan fingerprint density at radius 1 is 1.40 bits per heavy atom. The molecule has 1 aromatic carbocycles. The predicted octanol–water partition coefficient (Wildman–Crippen LogP) is 2.41. The lowest BCUT2D eigenvalue weighted by atomic mass is 10.1. The van der Waals surface area contributed by atoms with Crippen molar-refractivity contribution >= 4 is 11.6 Å². The monoisotopic (exact) mass is 376 g/mol. The molecule has 0 spiro atoms. The number of hydrogen-bond acceptors (Lipinski definition) is 5. The lowest BCUT2D eigenvalue weighted by Gasteiger charge is -2.22. The molecule has 10 heteroatoms. The van der Waals surface area contributed by atoms with Crippen LogP contribution in [0.5, 0.6) is 5.75 Å². The summed E-state index contributed by atoms with van der Waals surface area (Å²) in [6, 6.07) is 3.94. The molecule has 3 rings (SSSR count). The Bertz CT molecular complexity index is 717. The summed E-state index contributed by atoms with van der Waals surface area (Å²) in [4.78, 5) is 0. The van der Waals surface area contributed by atoms with E-state index >= 15 is 0 Å². The summed E-state index contributed by atoms with van der Waals surface area (Å²) >= 11 is 6.05. The Kier molecular flexibility index (Phi) is 5.45. The smallest absolute Gasteiger partial charge is 0.406 e. The average molecular weight is 377 g/mol. The molecule has 0 amide bonds. The standard InChI is InChI=1S/C15H16ClF3N4O2/c16-14-2-1-13(25-15(17,18)19)5-10(14)7-23-8-11(21-22-23)6-12-9-24-4-3-20-12/h1-2,5,8,12,20H,3-4,6-7,9H2. The molecule has 0 saturated carbocycles. The molecule has 6 nitrogen and oxygen atoms in total. The molecule has 25 heavy (non-hydrogen) atoms. The summed E-state index contributed by atoms with van der Waals surface area (Å²) in [7, 11) is 0. The third-order valence-electron chi connectivity index (χ3n) is 3.62. The average Bonchev–Trinajstić information content (AvgIpc) is 2.97. The molecule has 1 atom stereocenters. The normalized spacial score (nSPS) is 18.3. The van der Waals surface area contributed by atoms with Crippen molar-refractivity contribution in [2.45, 2.75) is 25.4 Å². The fraction of sp³-hybridized carbons (Fsp3) is 0.467. The van der Waals surface area contributed by atoms with Crippen molar-refractivity contribution in [3.63, 3.8) is 0 Å². The number of hydrogen-bond donors (Lipinski definition) is 1. The molecule has 1 fully saturated rings. The Labute approximate surface area is 146 Å². The first kappa shape index (κ1) is 18.0. The largest absolute Gasteiger partial charge is 0.573 e. The summed E-state index contributed by atoms with van der Waals surface area (Å²) in [5.74, 6) is -0.323. The van der Waals surface area contributed by atoms with E-state index in [-0.39, 0.29) is 18.3 Å². The molecule has 0 bridgehead atoms. The second-order valence-electron chi connectivity index (χ2n) is 5.64. The van der Waals surface area contributed by atoms with Crippen LogP contribution in [0.25, 0.3) is 0 Å². The zero-order valence-electron chi connectivity index (χ0n) is 13.1. The Morgan fingerprint density at radius 2 is 2.24 bits per heavy atom. The number of nitrogens with one attached hydrogen (secondary N) is 1. The van der Waals surface area contributed by atoms with Gasteiger partial charge in [-0.3, -0.25) is 0 Å². The molecule has 2 aromatic rings. The lowest BCUT2D eigenvalue weighted by Crippen LogP contribution is -2.42. The van der Waals surface area contributed by atoms with Gasteiger partial charge in [-0.25, -0.2) is 4.68 Å². The van der Waals surface area contributed by atoms with Crippen LogP contribution in [0.2, 0.25) is 5.02 Å². The van der Waals surface area contributed by atoms with Crippen molar-refractivity contribution in [3.05, 3.63) is 40.7 Å². The van der Waals surface area contributed by atoms with Crippen molar-refractivity contribution in [2.75, 3.05) is 19.8 Å². The van der Waals surface area contributed by atoms with Crippen molar-refractivity contribution in [1.29, 1.82) is 0 Å². The van der Waals surface area contributed by atoms with Gasteiger partial charge in [0.2, 0.25) is 0 Å². The van der Waals surface area contributed by atoms with Gasteiger partial charge in [-0.15, -0.1) is 18.3 Å². The first-order chi connectivity index (χ1) is 11.9. The van der Waals surface area contributed by atoms with E-state index in [9.17, 15) is 13.2 Å². The number of nitrogens with zero attached hydrogens (tertiary/aromatic N) is 3. The Balaban J connectivity index is 1.66. The minimum Gasteiger partial charge on any atom is -0.406 e. The number of alkyl halides is 3. The maximum absolute atomic E-state index is 12.3. The second kappa shape index (κ2) is 7.59. The van der Waals surface area contributed by atoms with Crippen LogP contribution in [-0.2, 0) is 17.7 Å². The first-order valence-electron chi connectivity index (χ1n) is 7.63. The highest BCUT2D eigenvalue weighted by Gasteiger charge is 2.31. The van der Waals surface area contributed by atoms with Gasteiger partial charge in [0.05, 0.1) is 25.5 Å². The maximum atomic E-state index is 12.3. The van der Waals surface area contributed by atoms with Crippen molar-refractivity contribution in [1.82, 2.24) is 20.3 Å². The number of rotatable bonds is 5. The van der Waals surface area contributed by atoms with Crippen LogP contribution in [-0.4, -0.2) is 47.2 Å². The van der Waals surface area contributed by atoms with Crippen LogP contribution < -0.4 is 10.1 Å². The topological polar surface area (TPSA) is 61.2 Å². The van der Waals surface area contributed by atoms with Crippen LogP contribution in [0.3, 0.4) is 0 Å². The third kappa shape index (κ3) is 5.32. The summed E-state index contributed by atoms with van der Waals surface area (Å²) in [6.45, 7) is 2.28. The van der Waals surface area contributed by atoms with Gasteiger partial charge >= 0.3 is 6.36 Å². The summed E-state index contributed by atoms with van der Waals surface area (Å²) in [5, 5.41) is 11.7.